The monoisotopic (exact) mass is 314 g/mol. The summed E-state index contributed by atoms with van der Waals surface area (Å²) in [4.78, 5) is 14.4. The number of nitrogens with zero attached hydrogens (tertiary/aromatic N) is 4. The Morgan fingerprint density at radius 1 is 1.30 bits per heavy atom. The average molecular weight is 314 g/mol. The van der Waals surface area contributed by atoms with Gasteiger partial charge in [-0.1, -0.05) is 0 Å². The first-order valence-electron chi connectivity index (χ1n) is 8.48. The van der Waals surface area contributed by atoms with Gasteiger partial charge in [0.05, 0.1) is 11.8 Å². The Balaban J connectivity index is 1.39. The van der Waals surface area contributed by atoms with E-state index in [1.807, 2.05) is 11.2 Å². The number of hydrogen-bond donors (Lipinski definition) is 0. The molecule has 1 aliphatic carbocycles. The van der Waals surface area contributed by atoms with Crippen LogP contribution in [0.5, 0.6) is 0 Å². The molecule has 23 heavy (non-hydrogen) atoms. The number of likely N-dealkylation sites (tertiary alicyclic amines) is 1. The number of piperidine rings is 1. The van der Waals surface area contributed by atoms with Crippen LogP contribution in [0.2, 0.25) is 0 Å². The molecule has 122 valence electrons. The van der Waals surface area contributed by atoms with Crippen molar-refractivity contribution in [3.05, 3.63) is 36.3 Å². The first-order valence-corrected chi connectivity index (χ1v) is 8.48. The summed E-state index contributed by atoms with van der Waals surface area (Å²) in [6.07, 6.45) is 10.7. The van der Waals surface area contributed by atoms with Crippen LogP contribution in [-0.4, -0.2) is 38.7 Å². The number of rotatable bonds is 5. The van der Waals surface area contributed by atoms with Crippen molar-refractivity contribution in [2.75, 3.05) is 13.1 Å². The molecule has 6 nitrogen and oxygen atoms in total. The van der Waals surface area contributed by atoms with E-state index in [0.717, 1.165) is 50.6 Å². The van der Waals surface area contributed by atoms with Crippen molar-refractivity contribution in [1.29, 1.82) is 0 Å². The molecule has 4 rings (SSSR count). The Kier molecular flexibility index (Phi) is 3.89. The van der Waals surface area contributed by atoms with E-state index < -0.39 is 0 Å². The summed E-state index contributed by atoms with van der Waals surface area (Å²) < 4.78 is 7.23. The highest BCUT2D eigenvalue weighted by atomic mass is 16.3. The van der Waals surface area contributed by atoms with Gasteiger partial charge in [0.2, 0.25) is 0 Å². The Labute approximate surface area is 135 Å². The number of carbonyl (C=O) groups excluding carboxylic acids is 1. The fraction of sp³-hybridized carbons (Fsp3) is 0.588. The zero-order chi connectivity index (χ0) is 15.6. The van der Waals surface area contributed by atoms with Gasteiger partial charge < -0.3 is 13.9 Å². The van der Waals surface area contributed by atoms with Gasteiger partial charge in [0, 0.05) is 26.1 Å². The lowest BCUT2D eigenvalue weighted by molar-refractivity contribution is 0.0671. The second-order valence-electron chi connectivity index (χ2n) is 6.82. The molecule has 0 N–H and O–H groups in total. The van der Waals surface area contributed by atoms with E-state index in [9.17, 15) is 4.79 Å². The van der Waals surface area contributed by atoms with Crippen molar-refractivity contribution in [2.24, 2.45) is 11.8 Å². The van der Waals surface area contributed by atoms with Gasteiger partial charge in [-0.15, -0.1) is 10.2 Å². The molecule has 0 bridgehead atoms. The summed E-state index contributed by atoms with van der Waals surface area (Å²) in [6, 6.07) is 1.73. The zero-order valence-electron chi connectivity index (χ0n) is 13.2. The lowest BCUT2D eigenvalue weighted by Gasteiger charge is -2.32. The van der Waals surface area contributed by atoms with Crippen LogP contribution in [0.1, 0.15) is 41.9 Å². The summed E-state index contributed by atoms with van der Waals surface area (Å²) in [5.74, 6) is 2.42. The molecule has 1 saturated carbocycles. The van der Waals surface area contributed by atoms with Crippen LogP contribution in [0.15, 0.2) is 29.3 Å². The molecule has 3 heterocycles. The van der Waals surface area contributed by atoms with Crippen LogP contribution in [0.4, 0.5) is 0 Å². The van der Waals surface area contributed by atoms with Crippen molar-refractivity contribution in [1.82, 2.24) is 19.7 Å². The quantitative estimate of drug-likeness (QED) is 0.850. The van der Waals surface area contributed by atoms with E-state index in [1.54, 1.807) is 12.3 Å². The van der Waals surface area contributed by atoms with Gasteiger partial charge in [-0.05, 0) is 43.6 Å². The molecule has 2 aromatic heterocycles. The van der Waals surface area contributed by atoms with Gasteiger partial charge in [-0.25, -0.2) is 0 Å². The average Bonchev–Trinajstić information content (AvgIpc) is 3.04. The van der Waals surface area contributed by atoms with Crippen LogP contribution < -0.4 is 0 Å². The summed E-state index contributed by atoms with van der Waals surface area (Å²) in [6.45, 7) is 2.67. The Hall–Kier alpha value is -2.11. The SMILES string of the molecule is O=C(c1ccoc1)N1CCCC(Cc2nncn2CC2CC2)C1. The predicted molar refractivity (Wildman–Crippen MR) is 83.8 cm³/mol. The third-order valence-electron chi connectivity index (χ3n) is 4.89. The highest BCUT2D eigenvalue weighted by Crippen LogP contribution is 2.31. The fourth-order valence-corrected chi connectivity index (χ4v) is 3.41. The number of amides is 1. The van der Waals surface area contributed by atoms with E-state index in [1.165, 1.54) is 19.1 Å². The van der Waals surface area contributed by atoms with Crippen molar-refractivity contribution in [2.45, 2.75) is 38.6 Å². The second-order valence-corrected chi connectivity index (χ2v) is 6.82. The molecular weight excluding hydrogens is 292 g/mol. The Morgan fingerprint density at radius 3 is 3.00 bits per heavy atom. The number of furan rings is 1. The van der Waals surface area contributed by atoms with Crippen molar-refractivity contribution in [3.8, 4) is 0 Å². The van der Waals surface area contributed by atoms with Crippen LogP contribution in [0.3, 0.4) is 0 Å². The van der Waals surface area contributed by atoms with E-state index in [2.05, 4.69) is 14.8 Å². The van der Waals surface area contributed by atoms with Crippen molar-refractivity contribution in [3.63, 3.8) is 0 Å². The third kappa shape index (κ3) is 3.30. The zero-order valence-corrected chi connectivity index (χ0v) is 13.2. The lowest BCUT2D eigenvalue weighted by Crippen LogP contribution is -2.40. The maximum absolute atomic E-state index is 12.5. The van der Waals surface area contributed by atoms with Crippen LogP contribution >= 0.6 is 0 Å². The number of carbonyl (C=O) groups is 1. The van der Waals surface area contributed by atoms with Crippen molar-refractivity contribution >= 4 is 5.91 Å². The number of aromatic nitrogens is 3. The molecule has 2 aromatic rings. The molecule has 1 saturated heterocycles. The Morgan fingerprint density at radius 2 is 2.22 bits per heavy atom. The highest BCUT2D eigenvalue weighted by molar-refractivity contribution is 5.93. The molecule has 1 atom stereocenters. The Bertz CT molecular complexity index is 660. The van der Waals surface area contributed by atoms with Gasteiger partial charge in [0.15, 0.2) is 0 Å². The molecule has 2 aliphatic rings. The smallest absolute Gasteiger partial charge is 0.257 e. The van der Waals surface area contributed by atoms with Crippen molar-refractivity contribution < 1.29 is 9.21 Å². The highest BCUT2D eigenvalue weighted by Gasteiger charge is 2.27. The maximum Gasteiger partial charge on any atom is 0.257 e. The minimum absolute atomic E-state index is 0.0721. The molecule has 0 aromatic carbocycles. The molecule has 0 radical (unpaired) electrons. The maximum atomic E-state index is 12.5. The minimum Gasteiger partial charge on any atom is -0.472 e. The predicted octanol–water partition coefficient (Wildman–Crippen LogP) is 2.38. The summed E-state index contributed by atoms with van der Waals surface area (Å²) in [5.41, 5.74) is 0.641. The van der Waals surface area contributed by atoms with Gasteiger partial charge in [0.1, 0.15) is 18.4 Å². The largest absolute Gasteiger partial charge is 0.472 e. The van der Waals surface area contributed by atoms with Crippen LogP contribution in [-0.2, 0) is 13.0 Å². The van der Waals surface area contributed by atoms with E-state index in [0.29, 0.717) is 11.5 Å². The summed E-state index contributed by atoms with van der Waals surface area (Å²) >= 11 is 0. The van der Waals surface area contributed by atoms with Gasteiger partial charge in [0.25, 0.3) is 5.91 Å². The first kappa shape index (κ1) is 14.5. The normalized spacial score (nSPS) is 21.6. The van der Waals surface area contributed by atoms with E-state index in [4.69, 9.17) is 4.42 Å². The standard InChI is InChI=1S/C17H22N4O2/c22-17(15-5-7-23-11-15)20-6-1-2-14(10-20)8-16-19-18-12-21(16)9-13-3-4-13/h5,7,11-14H,1-4,6,8-10H2. The molecular formula is C17H22N4O2. The third-order valence-corrected chi connectivity index (χ3v) is 4.89. The lowest BCUT2D eigenvalue weighted by atomic mass is 9.94. The van der Waals surface area contributed by atoms with E-state index >= 15 is 0 Å². The second kappa shape index (κ2) is 6.18. The molecule has 0 spiro atoms. The summed E-state index contributed by atoms with van der Waals surface area (Å²) in [7, 11) is 0. The molecule has 1 amide bonds. The number of hydrogen-bond acceptors (Lipinski definition) is 4. The van der Waals surface area contributed by atoms with Gasteiger partial charge in [-0.3, -0.25) is 4.79 Å². The van der Waals surface area contributed by atoms with Gasteiger partial charge in [-0.2, -0.15) is 0 Å². The van der Waals surface area contributed by atoms with E-state index in [-0.39, 0.29) is 5.91 Å². The molecule has 1 aliphatic heterocycles. The molecule has 2 fully saturated rings. The van der Waals surface area contributed by atoms with Gasteiger partial charge >= 0.3 is 0 Å². The molecule has 1 unspecified atom stereocenters. The fourth-order valence-electron chi connectivity index (χ4n) is 3.41. The van der Waals surface area contributed by atoms with Crippen LogP contribution in [0.25, 0.3) is 0 Å². The summed E-state index contributed by atoms with van der Waals surface area (Å²) in [5, 5.41) is 8.39. The van der Waals surface area contributed by atoms with Crippen LogP contribution in [0, 0.1) is 11.8 Å². The first-order chi connectivity index (χ1) is 11.3. The topological polar surface area (TPSA) is 64.2 Å². The molecule has 6 heteroatoms. The minimum atomic E-state index is 0.0721.